The fourth-order valence-electron chi connectivity index (χ4n) is 2.13. The lowest BCUT2D eigenvalue weighted by Gasteiger charge is -2.17. The van der Waals surface area contributed by atoms with Crippen LogP contribution in [0.2, 0.25) is 5.02 Å². The predicted octanol–water partition coefficient (Wildman–Crippen LogP) is 3.78. The molecule has 0 spiro atoms. The number of amides is 1. The first-order valence-corrected chi connectivity index (χ1v) is 7.68. The number of ether oxygens (including phenoxy) is 1. The zero-order valence-corrected chi connectivity index (χ0v) is 13.9. The van der Waals surface area contributed by atoms with E-state index in [0.717, 1.165) is 11.6 Å². The van der Waals surface area contributed by atoms with Crippen molar-refractivity contribution in [2.24, 2.45) is 0 Å². The van der Waals surface area contributed by atoms with E-state index in [0.29, 0.717) is 17.9 Å². The number of nitrogens with zero attached hydrogens (tertiary/aromatic N) is 2. The average molecular weight is 347 g/mol. The van der Waals surface area contributed by atoms with Crippen LogP contribution in [0.25, 0.3) is 0 Å². The van der Waals surface area contributed by atoms with Gasteiger partial charge in [0.05, 0.1) is 29.7 Å². The first-order chi connectivity index (χ1) is 11.5. The number of benzene rings is 2. The van der Waals surface area contributed by atoms with Gasteiger partial charge in [-0.25, -0.2) is 4.39 Å². The minimum Gasteiger partial charge on any atom is -0.491 e. The van der Waals surface area contributed by atoms with Gasteiger partial charge in [0.25, 0.3) is 0 Å². The van der Waals surface area contributed by atoms with Crippen molar-refractivity contribution in [3.05, 3.63) is 64.4 Å². The number of carbonyl (C=O) groups is 1. The molecule has 0 atom stereocenters. The van der Waals surface area contributed by atoms with Crippen LogP contribution < -0.4 is 4.74 Å². The summed E-state index contributed by atoms with van der Waals surface area (Å²) in [5.41, 5.74) is 1.44. The zero-order valence-electron chi connectivity index (χ0n) is 13.1. The highest BCUT2D eigenvalue weighted by atomic mass is 35.5. The van der Waals surface area contributed by atoms with Gasteiger partial charge in [-0.15, -0.1) is 0 Å². The van der Waals surface area contributed by atoms with Crippen molar-refractivity contribution < 1.29 is 13.9 Å². The van der Waals surface area contributed by atoms with E-state index in [2.05, 4.69) is 6.07 Å². The molecule has 0 heterocycles. The second kappa shape index (κ2) is 8.32. The summed E-state index contributed by atoms with van der Waals surface area (Å²) >= 11 is 5.86. The number of nitriles is 1. The molecule has 4 nitrogen and oxygen atoms in total. The monoisotopic (exact) mass is 346 g/mol. The summed E-state index contributed by atoms with van der Waals surface area (Å²) in [6, 6.07) is 13.0. The van der Waals surface area contributed by atoms with Gasteiger partial charge in [0.15, 0.2) is 0 Å². The third-order valence-electron chi connectivity index (χ3n) is 3.37. The summed E-state index contributed by atoms with van der Waals surface area (Å²) in [6.07, 6.45) is 0.169. The van der Waals surface area contributed by atoms with E-state index in [1.165, 1.54) is 12.1 Å². The van der Waals surface area contributed by atoms with Crippen LogP contribution in [0.4, 0.5) is 4.39 Å². The smallest absolute Gasteiger partial charge is 0.226 e. The van der Waals surface area contributed by atoms with E-state index in [9.17, 15) is 9.18 Å². The molecular formula is C18H16ClFN2O2. The van der Waals surface area contributed by atoms with Crippen LogP contribution in [0.5, 0.6) is 5.75 Å². The predicted molar refractivity (Wildman–Crippen MR) is 89.2 cm³/mol. The quantitative estimate of drug-likeness (QED) is 0.799. The van der Waals surface area contributed by atoms with Gasteiger partial charge in [0.1, 0.15) is 11.6 Å². The molecule has 6 heteroatoms. The first kappa shape index (κ1) is 17.8. The maximum absolute atomic E-state index is 12.9. The molecular weight excluding hydrogens is 331 g/mol. The molecule has 0 fully saturated rings. The Morgan fingerprint density at radius 3 is 2.83 bits per heavy atom. The second-order valence-electron chi connectivity index (χ2n) is 5.24. The van der Waals surface area contributed by atoms with E-state index in [1.54, 1.807) is 30.1 Å². The van der Waals surface area contributed by atoms with Crippen molar-refractivity contribution >= 4 is 17.5 Å². The van der Waals surface area contributed by atoms with Gasteiger partial charge in [0, 0.05) is 13.6 Å². The fourth-order valence-corrected chi connectivity index (χ4v) is 2.35. The Labute approximate surface area is 145 Å². The zero-order chi connectivity index (χ0) is 17.5. The third-order valence-corrected chi connectivity index (χ3v) is 3.66. The van der Waals surface area contributed by atoms with Gasteiger partial charge >= 0.3 is 0 Å². The molecule has 0 saturated carbocycles. The molecule has 0 aliphatic heterocycles. The average Bonchev–Trinajstić information content (AvgIpc) is 2.56. The molecule has 0 unspecified atom stereocenters. The van der Waals surface area contributed by atoms with Crippen LogP contribution in [0.15, 0.2) is 42.5 Å². The van der Waals surface area contributed by atoms with Gasteiger partial charge in [-0.2, -0.15) is 5.26 Å². The first-order valence-electron chi connectivity index (χ1n) is 7.30. The Balaban J connectivity index is 1.84. The summed E-state index contributed by atoms with van der Waals surface area (Å²) in [5, 5.41) is 9.06. The molecule has 124 valence electrons. The molecule has 0 bridgehead atoms. The number of hydrogen-bond acceptors (Lipinski definition) is 3. The van der Waals surface area contributed by atoms with Crippen molar-refractivity contribution in [3.8, 4) is 11.8 Å². The number of halogens is 2. The Morgan fingerprint density at radius 2 is 2.12 bits per heavy atom. The summed E-state index contributed by atoms with van der Waals surface area (Å²) < 4.78 is 18.4. The van der Waals surface area contributed by atoms with Crippen LogP contribution in [-0.2, 0) is 11.3 Å². The van der Waals surface area contributed by atoms with Crippen LogP contribution in [0.1, 0.15) is 17.5 Å². The van der Waals surface area contributed by atoms with Crippen LogP contribution in [0.3, 0.4) is 0 Å². The number of rotatable bonds is 6. The molecule has 0 aliphatic carbocycles. The largest absolute Gasteiger partial charge is 0.491 e. The van der Waals surface area contributed by atoms with Crippen molar-refractivity contribution in [1.29, 1.82) is 5.26 Å². The van der Waals surface area contributed by atoms with Crippen LogP contribution in [0, 0.1) is 17.1 Å². The van der Waals surface area contributed by atoms with Crippen molar-refractivity contribution in [1.82, 2.24) is 4.90 Å². The minimum absolute atomic E-state index is 0.101. The van der Waals surface area contributed by atoms with Crippen molar-refractivity contribution in [2.75, 3.05) is 13.7 Å². The maximum atomic E-state index is 12.9. The van der Waals surface area contributed by atoms with E-state index in [1.807, 2.05) is 6.07 Å². The van der Waals surface area contributed by atoms with Gasteiger partial charge < -0.3 is 9.64 Å². The van der Waals surface area contributed by atoms with Crippen molar-refractivity contribution in [2.45, 2.75) is 13.0 Å². The molecule has 24 heavy (non-hydrogen) atoms. The molecule has 0 radical (unpaired) electrons. The standard InChI is InChI=1S/C18H16ClFN2O2/c1-22(12-14-4-2-3-13(9-14)11-21)18(23)7-8-24-17-6-5-15(20)10-16(17)19/h2-6,9-10H,7-8,12H2,1H3. The maximum Gasteiger partial charge on any atom is 0.226 e. The Hall–Kier alpha value is -2.58. The highest BCUT2D eigenvalue weighted by Crippen LogP contribution is 2.24. The molecule has 2 aromatic rings. The topological polar surface area (TPSA) is 53.3 Å². The normalized spacial score (nSPS) is 10.1. The van der Waals surface area contributed by atoms with Crippen LogP contribution in [-0.4, -0.2) is 24.5 Å². The van der Waals surface area contributed by atoms with E-state index in [4.69, 9.17) is 21.6 Å². The summed E-state index contributed by atoms with van der Waals surface area (Å²) in [6.45, 7) is 0.554. The number of carbonyl (C=O) groups excluding carboxylic acids is 1. The molecule has 0 aliphatic rings. The van der Waals surface area contributed by atoms with Gasteiger partial charge in [-0.3, -0.25) is 4.79 Å². The fraction of sp³-hybridized carbons (Fsp3) is 0.222. The summed E-state index contributed by atoms with van der Waals surface area (Å²) in [5.74, 6) is -0.200. The van der Waals surface area contributed by atoms with Gasteiger partial charge in [0.2, 0.25) is 5.91 Å². The lowest BCUT2D eigenvalue weighted by Crippen LogP contribution is -2.27. The number of hydrogen-bond donors (Lipinski definition) is 0. The van der Waals surface area contributed by atoms with Crippen molar-refractivity contribution in [3.63, 3.8) is 0 Å². The minimum atomic E-state index is -0.442. The Bertz CT molecular complexity index is 774. The van der Waals surface area contributed by atoms with Gasteiger partial charge in [-0.05, 0) is 35.9 Å². The SMILES string of the molecule is CN(Cc1cccc(C#N)c1)C(=O)CCOc1ccc(F)cc1Cl. The molecule has 0 aromatic heterocycles. The molecule has 2 aromatic carbocycles. The lowest BCUT2D eigenvalue weighted by atomic mass is 10.1. The highest BCUT2D eigenvalue weighted by molar-refractivity contribution is 6.32. The lowest BCUT2D eigenvalue weighted by molar-refractivity contribution is -0.130. The molecule has 2 rings (SSSR count). The third kappa shape index (κ3) is 4.97. The van der Waals surface area contributed by atoms with Crippen LogP contribution >= 0.6 is 11.6 Å². The Kier molecular flexibility index (Phi) is 6.16. The molecule has 1 amide bonds. The van der Waals surface area contributed by atoms with E-state index in [-0.39, 0.29) is 24.0 Å². The molecule has 0 N–H and O–H groups in total. The highest BCUT2D eigenvalue weighted by Gasteiger charge is 2.11. The van der Waals surface area contributed by atoms with E-state index >= 15 is 0 Å². The summed E-state index contributed by atoms with van der Waals surface area (Å²) in [4.78, 5) is 13.7. The second-order valence-corrected chi connectivity index (χ2v) is 5.64. The van der Waals surface area contributed by atoms with E-state index < -0.39 is 5.82 Å². The Morgan fingerprint density at radius 1 is 1.33 bits per heavy atom. The summed E-state index contributed by atoms with van der Waals surface area (Å²) in [7, 11) is 1.69. The molecule has 0 saturated heterocycles. The van der Waals surface area contributed by atoms with Gasteiger partial charge in [-0.1, -0.05) is 23.7 Å².